The number of hydrogen-bond acceptors (Lipinski definition) is 3. The molecule has 0 fully saturated rings. The first-order valence-corrected chi connectivity index (χ1v) is 10.9. The molecule has 0 atom stereocenters. The third-order valence-electron chi connectivity index (χ3n) is 5.36. The fraction of sp³-hybridized carbons (Fsp3) is 0.500. The van der Waals surface area contributed by atoms with Gasteiger partial charge in [0.1, 0.15) is 4.99 Å². The molecule has 0 saturated carbocycles. The molecule has 2 nitrogen and oxygen atoms in total. The molecule has 0 saturated heterocycles. The Morgan fingerprint density at radius 2 is 1.88 bits per heavy atom. The minimum Gasteiger partial charge on any atom is -0.358 e. The molecule has 1 aromatic heterocycles. The van der Waals surface area contributed by atoms with Crippen molar-refractivity contribution in [2.75, 3.05) is 26.7 Å². The first-order chi connectivity index (χ1) is 12.5. The lowest BCUT2D eigenvalue weighted by molar-refractivity contribution is 0.301. The molecule has 0 amide bonds. The van der Waals surface area contributed by atoms with E-state index in [0.29, 0.717) is 0 Å². The van der Waals surface area contributed by atoms with Gasteiger partial charge in [0.15, 0.2) is 0 Å². The van der Waals surface area contributed by atoms with Crippen LogP contribution in [0, 0.1) is 13.8 Å². The highest BCUT2D eigenvalue weighted by Gasteiger charge is 2.24. The van der Waals surface area contributed by atoms with E-state index in [1.807, 2.05) is 11.3 Å². The third kappa shape index (κ3) is 4.93. The molecule has 1 aromatic carbocycles. The third-order valence-corrected chi connectivity index (χ3v) is 6.77. The predicted octanol–water partition coefficient (Wildman–Crippen LogP) is 5.20. The summed E-state index contributed by atoms with van der Waals surface area (Å²) in [4.78, 5) is 7.40. The smallest absolute Gasteiger partial charge is 0.109 e. The molecule has 26 heavy (non-hydrogen) atoms. The van der Waals surface area contributed by atoms with Crippen molar-refractivity contribution in [2.24, 2.45) is 0 Å². The van der Waals surface area contributed by atoms with Gasteiger partial charge >= 0.3 is 0 Å². The summed E-state index contributed by atoms with van der Waals surface area (Å²) in [7, 11) is 2.24. The van der Waals surface area contributed by atoms with Crippen LogP contribution in [0.1, 0.15) is 46.4 Å². The van der Waals surface area contributed by atoms with Gasteiger partial charge < -0.3 is 9.80 Å². The summed E-state index contributed by atoms with van der Waals surface area (Å²) in [5.41, 5.74) is 5.40. The molecule has 0 radical (unpaired) electrons. The summed E-state index contributed by atoms with van der Waals surface area (Å²) in [6, 6.07) is 8.98. The molecule has 2 heterocycles. The van der Waals surface area contributed by atoms with Gasteiger partial charge in [-0.2, -0.15) is 0 Å². The Morgan fingerprint density at radius 1 is 1.12 bits per heavy atom. The molecule has 1 aliphatic rings. The number of fused-ring (bicyclic) bond motifs is 1. The minimum absolute atomic E-state index is 0.986. The highest BCUT2D eigenvalue weighted by molar-refractivity contribution is 7.80. The Balaban J connectivity index is 1.35. The Hall–Kier alpha value is -1.23. The maximum Gasteiger partial charge on any atom is 0.109 e. The average molecular weight is 387 g/mol. The van der Waals surface area contributed by atoms with E-state index >= 15 is 0 Å². The average Bonchev–Trinajstić information content (AvgIpc) is 3.22. The Bertz CT molecular complexity index is 737. The quantitative estimate of drug-likeness (QED) is 0.432. The van der Waals surface area contributed by atoms with Gasteiger partial charge in [-0.1, -0.05) is 24.4 Å². The van der Waals surface area contributed by atoms with Crippen LogP contribution in [-0.2, 0) is 13.0 Å². The van der Waals surface area contributed by atoms with Gasteiger partial charge in [-0.05, 0) is 93.9 Å². The summed E-state index contributed by atoms with van der Waals surface area (Å²) in [6.45, 7) is 8.74. The zero-order chi connectivity index (χ0) is 18.5. The van der Waals surface area contributed by atoms with E-state index in [4.69, 9.17) is 12.2 Å². The lowest BCUT2D eigenvalue weighted by atomic mass is 10.0. The molecular formula is C22H30N2S2. The molecule has 0 bridgehead atoms. The van der Waals surface area contributed by atoms with E-state index < -0.39 is 0 Å². The molecule has 3 rings (SSSR count). The monoisotopic (exact) mass is 386 g/mol. The van der Waals surface area contributed by atoms with E-state index in [9.17, 15) is 0 Å². The first-order valence-electron chi connectivity index (χ1n) is 9.65. The summed E-state index contributed by atoms with van der Waals surface area (Å²) in [5, 5.41) is 2.17. The number of benzene rings is 1. The van der Waals surface area contributed by atoms with Crippen LogP contribution >= 0.6 is 23.6 Å². The van der Waals surface area contributed by atoms with Gasteiger partial charge in [0.2, 0.25) is 0 Å². The van der Waals surface area contributed by atoms with Crippen LogP contribution in [0.25, 0.3) is 0 Å². The number of aryl methyl sites for hydroxylation is 3. The lowest BCUT2D eigenvalue weighted by Gasteiger charge is -2.21. The highest BCUT2D eigenvalue weighted by atomic mass is 32.1. The molecule has 140 valence electrons. The second-order valence-corrected chi connectivity index (χ2v) is 8.93. The second-order valence-electron chi connectivity index (χ2n) is 7.51. The van der Waals surface area contributed by atoms with Gasteiger partial charge in [0, 0.05) is 23.5 Å². The molecule has 1 aliphatic heterocycles. The maximum atomic E-state index is 5.72. The van der Waals surface area contributed by atoms with Crippen molar-refractivity contribution in [3.8, 4) is 0 Å². The van der Waals surface area contributed by atoms with Crippen molar-refractivity contribution in [2.45, 2.75) is 46.1 Å². The highest BCUT2D eigenvalue weighted by Crippen LogP contribution is 2.26. The van der Waals surface area contributed by atoms with Crippen molar-refractivity contribution >= 4 is 28.5 Å². The fourth-order valence-corrected chi connectivity index (χ4v) is 4.71. The van der Waals surface area contributed by atoms with Gasteiger partial charge in [0.25, 0.3) is 0 Å². The van der Waals surface area contributed by atoms with Crippen LogP contribution in [0.3, 0.4) is 0 Å². The van der Waals surface area contributed by atoms with Crippen molar-refractivity contribution in [1.82, 2.24) is 9.80 Å². The van der Waals surface area contributed by atoms with E-state index in [2.05, 4.69) is 60.3 Å². The van der Waals surface area contributed by atoms with E-state index in [1.54, 1.807) is 0 Å². The summed E-state index contributed by atoms with van der Waals surface area (Å²) in [6.07, 6.45) is 4.97. The Kier molecular flexibility index (Phi) is 6.85. The molecule has 0 spiro atoms. The number of rotatable bonds is 9. The van der Waals surface area contributed by atoms with E-state index in [1.165, 1.54) is 59.4 Å². The van der Waals surface area contributed by atoms with Gasteiger partial charge in [0.05, 0.1) is 0 Å². The van der Waals surface area contributed by atoms with Gasteiger partial charge in [-0.3, -0.25) is 0 Å². The molecule has 4 heteroatoms. The van der Waals surface area contributed by atoms with Gasteiger partial charge in [-0.25, -0.2) is 0 Å². The summed E-state index contributed by atoms with van der Waals surface area (Å²) in [5.74, 6) is 0. The zero-order valence-electron chi connectivity index (χ0n) is 16.3. The zero-order valence-corrected chi connectivity index (χ0v) is 17.9. The van der Waals surface area contributed by atoms with Crippen molar-refractivity contribution in [3.63, 3.8) is 0 Å². The standard InChI is InChI=1S/C22H30N2S2/c1-17-14-19-16-24(22(25)21(19)15-18(17)2)12-7-11-23(3)10-5-4-8-20-9-6-13-26-20/h6,9,13-15H,4-5,7-8,10-12,16H2,1-3H3. The second kappa shape index (κ2) is 9.12. The molecule has 0 N–H and O–H groups in total. The Morgan fingerprint density at radius 3 is 2.65 bits per heavy atom. The largest absolute Gasteiger partial charge is 0.358 e. The summed E-state index contributed by atoms with van der Waals surface area (Å²) < 4.78 is 0. The van der Waals surface area contributed by atoms with Crippen LogP contribution in [-0.4, -0.2) is 41.5 Å². The predicted molar refractivity (Wildman–Crippen MR) is 117 cm³/mol. The molecular weight excluding hydrogens is 356 g/mol. The first kappa shape index (κ1) is 19.5. The lowest BCUT2D eigenvalue weighted by Crippen LogP contribution is -2.28. The molecule has 0 unspecified atom stereocenters. The number of thiocarbonyl (C=S) groups is 1. The van der Waals surface area contributed by atoms with E-state index in [0.717, 1.165) is 24.6 Å². The number of nitrogens with zero attached hydrogens (tertiary/aromatic N) is 2. The van der Waals surface area contributed by atoms with Crippen molar-refractivity contribution < 1.29 is 0 Å². The van der Waals surface area contributed by atoms with Crippen molar-refractivity contribution in [1.29, 1.82) is 0 Å². The van der Waals surface area contributed by atoms with E-state index in [-0.39, 0.29) is 0 Å². The van der Waals surface area contributed by atoms with Gasteiger partial charge in [-0.15, -0.1) is 11.3 Å². The minimum atomic E-state index is 0.986. The SMILES string of the molecule is Cc1cc2c(cc1C)C(=S)N(CCCN(C)CCCCc1cccs1)C2. The topological polar surface area (TPSA) is 6.48 Å². The van der Waals surface area contributed by atoms with Crippen LogP contribution in [0.4, 0.5) is 0 Å². The number of unbranched alkanes of at least 4 members (excludes halogenated alkanes) is 1. The fourth-order valence-electron chi connectivity index (χ4n) is 3.61. The van der Waals surface area contributed by atoms with Crippen LogP contribution in [0.15, 0.2) is 29.6 Å². The maximum absolute atomic E-state index is 5.72. The number of thiophene rings is 1. The van der Waals surface area contributed by atoms with Crippen molar-refractivity contribution in [3.05, 3.63) is 56.8 Å². The molecule has 2 aromatic rings. The normalized spacial score (nSPS) is 13.7. The number of hydrogen-bond donors (Lipinski definition) is 0. The molecule has 0 aliphatic carbocycles. The van der Waals surface area contributed by atoms with Crippen LogP contribution in [0.5, 0.6) is 0 Å². The Labute approximate surface area is 167 Å². The van der Waals surface area contributed by atoms with Crippen LogP contribution < -0.4 is 0 Å². The summed E-state index contributed by atoms with van der Waals surface area (Å²) >= 11 is 7.59. The van der Waals surface area contributed by atoms with Crippen LogP contribution in [0.2, 0.25) is 0 Å².